The van der Waals surface area contributed by atoms with Crippen LogP contribution in [0.25, 0.3) is 0 Å². The van der Waals surface area contributed by atoms with Crippen LogP contribution in [0.3, 0.4) is 0 Å². The first-order chi connectivity index (χ1) is 11.2. The maximum atomic E-state index is 12.1. The molecular weight excluding hydrogens is 294 g/mol. The molecule has 1 aliphatic heterocycles. The minimum Gasteiger partial charge on any atom is -0.469 e. The summed E-state index contributed by atoms with van der Waals surface area (Å²) in [6.45, 7) is 1.80. The highest BCUT2D eigenvalue weighted by molar-refractivity contribution is 5.81. The summed E-state index contributed by atoms with van der Waals surface area (Å²) in [6.07, 6.45) is 3.45. The van der Waals surface area contributed by atoms with Crippen LogP contribution in [0.5, 0.6) is 0 Å². The zero-order valence-electron chi connectivity index (χ0n) is 13.7. The summed E-state index contributed by atoms with van der Waals surface area (Å²) in [7, 11) is 1.34. The van der Waals surface area contributed by atoms with E-state index < -0.39 is 0 Å². The Morgan fingerprint density at radius 2 is 2.04 bits per heavy atom. The third-order valence-corrected chi connectivity index (χ3v) is 4.10. The van der Waals surface area contributed by atoms with E-state index in [9.17, 15) is 9.59 Å². The van der Waals surface area contributed by atoms with Crippen molar-refractivity contribution in [2.75, 3.05) is 26.8 Å². The lowest BCUT2D eigenvalue weighted by Gasteiger charge is -2.33. The van der Waals surface area contributed by atoms with Gasteiger partial charge in [-0.05, 0) is 24.8 Å². The second kappa shape index (κ2) is 9.30. The van der Waals surface area contributed by atoms with Crippen molar-refractivity contribution in [2.45, 2.75) is 38.2 Å². The zero-order valence-corrected chi connectivity index (χ0v) is 13.7. The quantitative estimate of drug-likeness (QED) is 0.723. The van der Waals surface area contributed by atoms with E-state index in [1.54, 1.807) is 4.90 Å². The third-order valence-electron chi connectivity index (χ3n) is 4.10. The summed E-state index contributed by atoms with van der Waals surface area (Å²) < 4.78 is 10.3. The van der Waals surface area contributed by atoms with Crippen LogP contribution in [0.2, 0.25) is 0 Å². The Balaban J connectivity index is 1.70. The summed E-state index contributed by atoms with van der Waals surface area (Å²) in [5, 5.41) is 0. The smallest absolute Gasteiger partial charge is 0.306 e. The van der Waals surface area contributed by atoms with Gasteiger partial charge in [0.1, 0.15) is 0 Å². The van der Waals surface area contributed by atoms with Crippen LogP contribution in [0, 0.1) is 0 Å². The number of aryl methyl sites for hydroxylation is 1. The number of amides is 1. The first kappa shape index (κ1) is 17.5. The van der Waals surface area contributed by atoms with Gasteiger partial charge < -0.3 is 14.4 Å². The first-order valence-electron chi connectivity index (χ1n) is 8.19. The molecule has 23 heavy (non-hydrogen) atoms. The molecule has 0 aliphatic carbocycles. The van der Waals surface area contributed by atoms with Crippen molar-refractivity contribution < 1.29 is 19.1 Å². The maximum absolute atomic E-state index is 12.1. The molecule has 0 N–H and O–H groups in total. The van der Waals surface area contributed by atoms with Crippen molar-refractivity contribution in [3.8, 4) is 0 Å². The first-order valence-corrected chi connectivity index (χ1v) is 8.19. The van der Waals surface area contributed by atoms with Gasteiger partial charge in [0.2, 0.25) is 5.91 Å². The number of carbonyl (C=O) groups is 2. The third kappa shape index (κ3) is 6.02. The summed E-state index contributed by atoms with van der Waals surface area (Å²) in [5.74, 6) is -0.335. The molecule has 126 valence electrons. The van der Waals surface area contributed by atoms with Crippen LogP contribution in [-0.4, -0.2) is 49.7 Å². The lowest BCUT2D eigenvalue weighted by atomic mass is 10.0. The second-order valence-electron chi connectivity index (χ2n) is 5.79. The average molecular weight is 319 g/mol. The van der Waals surface area contributed by atoms with E-state index >= 15 is 0 Å². The van der Waals surface area contributed by atoms with Gasteiger partial charge in [0.25, 0.3) is 0 Å². The summed E-state index contributed by atoms with van der Waals surface area (Å²) in [4.78, 5) is 25.0. The molecule has 1 amide bonds. The number of carbonyl (C=O) groups excluding carboxylic acids is 2. The second-order valence-corrected chi connectivity index (χ2v) is 5.79. The lowest BCUT2D eigenvalue weighted by Crippen LogP contribution is -2.45. The molecule has 1 atom stereocenters. The normalized spacial score (nSPS) is 17.8. The van der Waals surface area contributed by atoms with E-state index in [4.69, 9.17) is 4.74 Å². The molecule has 2 rings (SSSR count). The minimum atomic E-state index is -0.342. The van der Waals surface area contributed by atoms with Gasteiger partial charge in [0.15, 0.2) is 0 Å². The SMILES string of the molecule is COC(=O)CCC(=O)N1CCO[C@@H](CCCc2ccccc2)C1. The number of hydrogen-bond acceptors (Lipinski definition) is 4. The highest BCUT2D eigenvalue weighted by Gasteiger charge is 2.24. The van der Waals surface area contributed by atoms with E-state index in [0.29, 0.717) is 19.7 Å². The number of benzene rings is 1. The van der Waals surface area contributed by atoms with Gasteiger partial charge in [-0.2, -0.15) is 0 Å². The molecule has 0 spiro atoms. The van der Waals surface area contributed by atoms with Crippen molar-refractivity contribution in [1.82, 2.24) is 4.90 Å². The minimum absolute atomic E-state index is 0.00626. The van der Waals surface area contributed by atoms with Crippen molar-refractivity contribution in [3.63, 3.8) is 0 Å². The number of ether oxygens (including phenoxy) is 2. The molecule has 1 aromatic carbocycles. The lowest BCUT2D eigenvalue weighted by molar-refractivity contribution is -0.146. The highest BCUT2D eigenvalue weighted by Crippen LogP contribution is 2.14. The van der Waals surface area contributed by atoms with E-state index in [1.165, 1.54) is 12.7 Å². The Morgan fingerprint density at radius 1 is 1.26 bits per heavy atom. The number of esters is 1. The van der Waals surface area contributed by atoms with Gasteiger partial charge in [0, 0.05) is 19.5 Å². The largest absolute Gasteiger partial charge is 0.469 e. The molecule has 5 nitrogen and oxygen atoms in total. The van der Waals surface area contributed by atoms with Crippen LogP contribution < -0.4 is 0 Å². The Hall–Kier alpha value is -1.88. The Morgan fingerprint density at radius 3 is 2.78 bits per heavy atom. The number of methoxy groups -OCH3 is 1. The molecule has 1 heterocycles. The number of nitrogens with zero attached hydrogens (tertiary/aromatic N) is 1. The fourth-order valence-electron chi connectivity index (χ4n) is 2.77. The Kier molecular flexibility index (Phi) is 7.07. The van der Waals surface area contributed by atoms with Gasteiger partial charge >= 0.3 is 5.97 Å². The monoisotopic (exact) mass is 319 g/mol. The predicted octanol–water partition coefficient (Wildman–Crippen LogP) is 2.19. The van der Waals surface area contributed by atoms with Crippen molar-refractivity contribution in [3.05, 3.63) is 35.9 Å². The average Bonchev–Trinajstić information content (AvgIpc) is 2.60. The molecule has 0 radical (unpaired) electrons. The highest BCUT2D eigenvalue weighted by atomic mass is 16.5. The molecule has 0 aromatic heterocycles. The molecular formula is C18H25NO4. The van der Waals surface area contributed by atoms with E-state index in [1.807, 2.05) is 18.2 Å². The van der Waals surface area contributed by atoms with Crippen molar-refractivity contribution in [2.24, 2.45) is 0 Å². The van der Waals surface area contributed by atoms with Crippen LogP contribution in [-0.2, 0) is 25.5 Å². The molecule has 0 unspecified atom stereocenters. The zero-order chi connectivity index (χ0) is 16.5. The van der Waals surface area contributed by atoms with Crippen molar-refractivity contribution in [1.29, 1.82) is 0 Å². The molecule has 1 saturated heterocycles. The number of rotatable bonds is 7. The maximum Gasteiger partial charge on any atom is 0.306 e. The number of morpholine rings is 1. The number of hydrogen-bond donors (Lipinski definition) is 0. The molecule has 0 saturated carbocycles. The van der Waals surface area contributed by atoms with Gasteiger partial charge in [-0.3, -0.25) is 9.59 Å². The van der Waals surface area contributed by atoms with Gasteiger partial charge in [-0.1, -0.05) is 30.3 Å². The summed E-state index contributed by atoms with van der Waals surface area (Å²) >= 11 is 0. The fraction of sp³-hybridized carbons (Fsp3) is 0.556. The molecule has 1 aliphatic rings. The Labute approximate surface area is 137 Å². The van der Waals surface area contributed by atoms with Crippen molar-refractivity contribution >= 4 is 11.9 Å². The van der Waals surface area contributed by atoms with E-state index in [-0.39, 0.29) is 30.8 Å². The summed E-state index contributed by atoms with van der Waals surface area (Å²) in [6, 6.07) is 10.4. The summed E-state index contributed by atoms with van der Waals surface area (Å²) in [5.41, 5.74) is 1.33. The standard InChI is InChI=1S/C18H25NO4/c1-22-18(21)11-10-17(20)19-12-13-23-16(14-19)9-5-8-15-6-3-2-4-7-15/h2-4,6-7,16H,5,8-14H2,1H3/t16-/m0/s1. The Bertz CT molecular complexity index is 503. The topological polar surface area (TPSA) is 55.8 Å². The van der Waals surface area contributed by atoms with Gasteiger partial charge in [0.05, 0.1) is 26.2 Å². The van der Waals surface area contributed by atoms with Crippen LogP contribution in [0.4, 0.5) is 0 Å². The molecule has 5 heteroatoms. The van der Waals surface area contributed by atoms with E-state index in [0.717, 1.165) is 19.3 Å². The van der Waals surface area contributed by atoms with Crippen LogP contribution in [0.1, 0.15) is 31.2 Å². The fourth-order valence-corrected chi connectivity index (χ4v) is 2.77. The van der Waals surface area contributed by atoms with Crippen LogP contribution in [0.15, 0.2) is 30.3 Å². The van der Waals surface area contributed by atoms with E-state index in [2.05, 4.69) is 16.9 Å². The van der Waals surface area contributed by atoms with Gasteiger partial charge in [-0.25, -0.2) is 0 Å². The van der Waals surface area contributed by atoms with Crippen LogP contribution >= 0.6 is 0 Å². The molecule has 1 aromatic rings. The predicted molar refractivity (Wildman–Crippen MR) is 87.0 cm³/mol. The molecule has 0 bridgehead atoms. The molecule has 1 fully saturated rings. The van der Waals surface area contributed by atoms with Gasteiger partial charge in [-0.15, -0.1) is 0 Å².